The summed E-state index contributed by atoms with van der Waals surface area (Å²) >= 11 is 1.48. The predicted molar refractivity (Wildman–Crippen MR) is 92.3 cm³/mol. The van der Waals surface area contributed by atoms with Crippen LogP contribution in [0, 0.1) is 0 Å². The Bertz CT molecular complexity index is 928. The zero-order chi connectivity index (χ0) is 16.7. The Balaban J connectivity index is 0.00000121. The van der Waals surface area contributed by atoms with Crippen LogP contribution < -0.4 is 34.3 Å². The Kier molecular flexibility index (Phi) is 6.96. The molecule has 26 heavy (non-hydrogen) atoms. The van der Waals surface area contributed by atoms with Gasteiger partial charge in [0.05, 0.1) is 0 Å². The average molecular weight is 463 g/mol. The molecule has 3 aromatic carbocycles. The maximum atomic E-state index is 5.60. The number of rotatable bonds is 3. The molecule has 5 heteroatoms. The van der Waals surface area contributed by atoms with E-state index < -0.39 is 0 Å². The number of hydrogen-bond donors (Lipinski definition) is 0. The minimum Gasteiger partial charge on any atom is -1.00 e. The van der Waals surface area contributed by atoms with Crippen molar-refractivity contribution in [3.05, 3.63) is 71.8 Å². The van der Waals surface area contributed by atoms with Crippen molar-refractivity contribution < 1.29 is 59.0 Å². The van der Waals surface area contributed by atoms with E-state index in [1.165, 1.54) is 52.5 Å². The molecule has 1 unspecified atom stereocenters. The number of halogens is 2. The van der Waals surface area contributed by atoms with E-state index in [1.807, 2.05) is 18.2 Å². The van der Waals surface area contributed by atoms with Crippen LogP contribution >= 0.6 is 0 Å². The molecule has 0 heterocycles. The number of fused-ring (bicyclic) bond motifs is 3. The molecule has 0 N–H and O–H groups in total. The number of methoxy groups -OCH3 is 2. The Morgan fingerprint density at radius 1 is 0.731 bits per heavy atom. The second-order valence-electron chi connectivity index (χ2n) is 5.85. The normalized spacial score (nSPS) is 13.8. The van der Waals surface area contributed by atoms with Crippen LogP contribution in [0.15, 0.2) is 60.7 Å². The van der Waals surface area contributed by atoms with Gasteiger partial charge in [-0.25, -0.2) is 0 Å². The van der Waals surface area contributed by atoms with E-state index in [-0.39, 0.29) is 24.8 Å². The third kappa shape index (κ3) is 3.33. The van der Waals surface area contributed by atoms with Crippen molar-refractivity contribution in [2.24, 2.45) is 0 Å². The standard InChI is InChI=1S/C21H17O2.2ClH.Zr/c1-22-15-10-11-16-14(12-15)13-20-17(16)7-5-8-18(20)19-6-3-4-9-21(19)23-2;;;/h3-13H,1-2H3;2*1H;/q;;;+2/p-2. The monoisotopic (exact) mass is 461 g/mol. The van der Waals surface area contributed by atoms with E-state index in [2.05, 4.69) is 42.5 Å². The molecule has 0 spiro atoms. The molecule has 2 nitrogen and oxygen atoms in total. The Labute approximate surface area is 181 Å². The number of hydrogen-bond acceptors (Lipinski definition) is 2. The van der Waals surface area contributed by atoms with Gasteiger partial charge in [-0.3, -0.25) is 0 Å². The van der Waals surface area contributed by atoms with Gasteiger partial charge < -0.3 is 24.8 Å². The van der Waals surface area contributed by atoms with Gasteiger partial charge in [0, 0.05) is 0 Å². The minimum atomic E-state index is 0. The van der Waals surface area contributed by atoms with Gasteiger partial charge in [0.15, 0.2) is 0 Å². The van der Waals surface area contributed by atoms with Crippen LogP contribution in [0.2, 0.25) is 0 Å². The fraction of sp³-hybridized carbons (Fsp3) is 0.143. The van der Waals surface area contributed by atoms with Crippen molar-refractivity contribution in [1.82, 2.24) is 0 Å². The summed E-state index contributed by atoms with van der Waals surface area (Å²) in [5, 5.41) is 0. The molecule has 0 bridgehead atoms. The fourth-order valence-electron chi connectivity index (χ4n) is 3.52. The van der Waals surface area contributed by atoms with Gasteiger partial charge in [0.25, 0.3) is 0 Å². The van der Waals surface area contributed by atoms with Crippen LogP contribution in [0.4, 0.5) is 0 Å². The van der Waals surface area contributed by atoms with E-state index in [9.17, 15) is 0 Å². The number of benzene rings is 3. The molecule has 0 radical (unpaired) electrons. The topological polar surface area (TPSA) is 18.5 Å². The third-order valence-corrected chi connectivity index (χ3v) is 6.13. The summed E-state index contributed by atoms with van der Waals surface area (Å²) in [6.07, 6.45) is 0. The minimum absolute atomic E-state index is 0. The molecule has 1 aliphatic rings. The maximum Gasteiger partial charge on any atom is -1.00 e. The van der Waals surface area contributed by atoms with Crippen molar-refractivity contribution in [2.75, 3.05) is 14.2 Å². The van der Waals surface area contributed by atoms with E-state index in [4.69, 9.17) is 9.47 Å². The first-order chi connectivity index (χ1) is 11.7. The van der Waals surface area contributed by atoms with Crippen LogP contribution in [0.1, 0.15) is 14.8 Å². The maximum absolute atomic E-state index is 5.60. The summed E-state index contributed by atoms with van der Waals surface area (Å²) in [6.45, 7) is 0. The Morgan fingerprint density at radius 2 is 1.38 bits per heavy atom. The van der Waals surface area contributed by atoms with E-state index in [1.54, 1.807) is 14.2 Å². The number of ether oxygens (including phenoxy) is 2. The van der Waals surface area contributed by atoms with Crippen molar-refractivity contribution in [3.63, 3.8) is 0 Å². The van der Waals surface area contributed by atoms with Crippen LogP contribution in [0.5, 0.6) is 11.5 Å². The van der Waals surface area contributed by atoms with E-state index in [0.29, 0.717) is 3.63 Å². The van der Waals surface area contributed by atoms with Gasteiger partial charge in [0.2, 0.25) is 0 Å². The molecule has 0 amide bonds. The van der Waals surface area contributed by atoms with Crippen molar-refractivity contribution in [2.45, 2.75) is 3.63 Å². The number of para-hydroxylation sites is 1. The van der Waals surface area contributed by atoms with Gasteiger partial charge >= 0.3 is 158 Å². The SMILES string of the molecule is COc1ccc2c(c1)[CH]([Zr+2])c1c(-c3ccccc3OC)cccc1-2.[Cl-].[Cl-]. The van der Waals surface area contributed by atoms with Crippen LogP contribution in [0.3, 0.4) is 0 Å². The summed E-state index contributed by atoms with van der Waals surface area (Å²) in [5.74, 6) is 1.84. The van der Waals surface area contributed by atoms with Gasteiger partial charge in [-0.1, -0.05) is 0 Å². The smallest absolute Gasteiger partial charge is 1.00 e. The van der Waals surface area contributed by atoms with Gasteiger partial charge in [0.1, 0.15) is 0 Å². The van der Waals surface area contributed by atoms with Crippen LogP contribution in [-0.4, -0.2) is 14.2 Å². The molecule has 3 aromatic rings. The molecule has 131 valence electrons. The Morgan fingerprint density at radius 3 is 2.08 bits per heavy atom. The zero-order valence-electron chi connectivity index (χ0n) is 14.4. The average Bonchev–Trinajstić information content (AvgIpc) is 2.94. The van der Waals surface area contributed by atoms with Gasteiger partial charge in [-0.2, -0.15) is 0 Å². The molecule has 4 rings (SSSR count). The van der Waals surface area contributed by atoms with Gasteiger partial charge in [-0.15, -0.1) is 0 Å². The summed E-state index contributed by atoms with van der Waals surface area (Å²) in [6, 6.07) is 21.2. The second kappa shape index (κ2) is 8.61. The first-order valence-corrected chi connectivity index (χ1v) is 9.32. The zero-order valence-corrected chi connectivity index (χ0v) is 18.4. The Hall–Kier alpha value is -1.28. The summed E-state index contributed by atoms with van der Waals surface area (Å²) < 4.78 is 11.4. The second-order valence-corrected chi connectivity index (χ2v) is 7.27. The van der Waals surface area contributed by atoms with E-state index >= 15 is 0 Å². The molecule has 0 aromatic heterocycles. The largest absolute Gasteiger partial charge is 1.00 e. The molecule has 0 saturated heterocycles. The first-order valence-electron chi connectivity index (χ1n) is 7.90. The summed E-state index contributed by atoms with van der Waals surface area (Å²) in [7, 11) is 3.46. The van der Waals surface area contributed by atoms with Gasteiger partial charge in [-0.05, 0) is 0 Å². The molecule has 1 aliphatic carbocycles. The summed E-state index contributed by atoms with van der Waals surface area (Å²) in [4.78, 5) is 0. The fourth-order valence-corrected chi connectivity index (χ4v) is 4.87. The predicted octanol–water partition coefficient (Wildman–Crippen LogP) is -1.00. The molecular weight excluding hydrogens is 446 g/mol. The van der Waals surface area contributed by atoms with Crippen LogP contribution in [0.25, 0.3) is 22.3 Å². The van der Waals surface area contributed by atoms with E-state index in [0.717, 1.165) is 17.1 Å². The summed E-state index contributed by atoms with van der Waals surface area (Å²) in [5.41, 5.74) is 7.85. The molecule has 0 aliphatic heterocycles. The van der Waals surface area contributed by atoms with Crippen molar-refractivity contribution in [1.29, 1.82) is 0 Å². The van der Waals surface area contributed by atoms with Crippen molar-refractivity contribution >= 4 is 0 Å². The quantitative estimate of drug-likeness (QED) is 0.496. The molecule has 0 fully saturated rings. The van der Waals surface area contributed by atoms with Crippen LogP contribution in [-0.2, 0) is 24.7 Å². The first kappa shape index (κ1) is 21.0. The van der Waals surface area contributed by atoms with Crippen molar-refractivity contribution in [3.8, 4) is 33.8 Å². The third-order valence-electron chi connectivity index (χ3n) is 4.65. The molecule has 0 saturated carbocycles. The molecule has 1 atom stereocenters. The molecular formula is C21H17Cl2O2Zr.